The molecule has 98 valence electrons. The number of thiophene rings is 1. The van der Waals surface area contributed by atoms with Crippen molar-refractivity contribution < 1.29 is 19.1 Å². The molecule has 1 amide bonds. The molecule has 0 bridgehead atoms. The second-order valence-corrected chi connectivity index (χ2v) is 4.59. The summed E-state index contributed by atoms with van der Waals surface area (Å²) >= 11 is 1.29. The van der Waals surface area contributed by atoms with Crippen LogP contribution in [0.1, 0.15) is 22.2 Å². The Hall–Kier alpha value is -1.82. The third-order valence-corrected chi connectivity index (χ3v) is 2.86. The molecule has 1 aromatic rings. The summed E-state index contributed by atoms with van der Waals surface area (Å²) in [6.07, 6.45) is 0.841. The van der Waals surface area contributed by atoms with Crippen LogP contribution in [0.3, 0.4) is 0 Å². The van der Waals surface area contributed by atoms with Gasteiger partial charge in [-0.15, -0.1) is 11.3 Å². The summed E-state index contributed by atoms with van der Waals surface area (Å²) in [5, 5.41) is 2.94. The van der Waals surface area contributed by atoms with E-state index in [1.165, 1.54) is 17.4 Å². The van der Waals surface area contributed by atoms with Gasteiger partial charge in [0.1, 0.15) is 11.6 Å². The molecule has 0 atom stereocenters. The van der Waals surface area contributed by atoms with Crippen molar-refractivity contribution in [1.82, 2.24) is 0 Å². The number of carbonyl (C=O) groups excluding carboxylic acids is 2. The van der Waals surface area contributed by atoms with Gasteiger partial charge < -0.3 is 9.47 Å². The summed E-state index contributed by atoms with van der Waals surface area (Å²) in [4.78, 5) is 23.9. The van der Waals surface area contributed by atoms with E-state index in [0.717, 1.165) is 4.88 Å². The molecule has 0 aliphatic heterocycles. The van der Waals surface area contributed by atoms with Crippen LogP contribution in [0.4, 0.5) is 9.80 Å². The van der Waals surface area contributed by atoms with Crippen LogP contribution in [-0.2, 0) is 9.47 Å². The summed E-state index contributed by atoms with van der Waals surface area (Å²) in [7, 11) is 0. The number of hydrogen-bond acceptors (Lipinski definition) is 5. The maximum absolute atomic E-state index is 11.7. The Morgan fingerprint density at radius 1 is 1.50 bits per heavy atom. The average Bonchev–Trinajstić information content (AvgIpc) is 2.68. The number of aryl methyl sites for hydroxylation is 1. The molecule has 5 nitrogen and oxygen atoms in total. The fourth-order valence-electron chi connectivity index (χ4n) is 1.23. The van der Waals surface area contributed by atoms with Gasteiger partial charge in [0.15, 0.2) is 0 Å². The van der Waals surface area contributed by atoms with Crippen molar-refractivity contribution in [1.29, 1.82) is 0 Å². The summed E-state index contributed by atoms with van der Waals surface area (Å²) < 4.78 is 9.69. The Kier molecular flexibility index (Phi) is 5.38. The van der Waals surface area contributed by atoms with Crippen molar-refractivity contribution in [3.63, 3.8) is 0 Å². The third-order valence-electron chi connectivity index (χ3n) is 1.90. The van der Waals surface area contributed by atoms with Crippen LogP contribution in [0.15, 0.2) is 18.7 Å². The topological polar surface area (TPSA) is 64.6 Å². The highest BCUT2D eigenvalue weighted by atomic mass is 32.1. The van der Waals surface area contributed by atoms with Crippen molar-refractivity contribution in [3.8, 4) is 0 Å². The first-order valence-electron chi connectivity index (χ1n) is 5.40. The van der Waals surface area contributed by atoms with E-state index in [1.54, 1.807) is 13.0 Å². The number of esters is 1. The fraction of sp³-hybridized carbons (Fsp3) is 0.333. The zero-order chi connectivity index (χ0) is 13.5. The van der Waals surface area contributed by atoms with Gasteiger partial charge in [-0.3, -0.25) is 5.32 Å². The Morgan fingerprint density at radius 2 is 2.22 bits per heavy atom. The Balaban J connectivity index is 2.78. The number of nitrogens with one attached hydrogen (secondary N) is 1. The molecular weight excluding hydrogens is 254 g/mol. The van der Waals surface area contributed by atoms with Crippen molar-refractivity contribution in [2.75, 3.05) is 18.5 Å². The molecule has 0 aliphatic carbocycles. The van der Waals surface area contributed by atoms with Gasteiger partial charge in [-0.05, 0) is 19.9 Å². The number of ether oxygens (including phenoxy) is 2. The number of carbonyl (C=O) groups is 2. The van der Waals surface area contributed by atoms with Gasteiger partial charge in [-0.1, -0.05) is 12.7 Å². The van der Waals surface area contributed by atoms with E-state index in [2.05, 4.69) is 11.9 Å². The Bertz CT molecular complexity index is 453. The molecule has 0 aliphatic rings. The zero-order valence-corrected chi connectivity index (χ0v) is 11.1. The number of amides is 1. The Morgan fingerprint density at radius 3 is 2.83 bits per heavy atom. The summed E-state index contributed by atoms with van der Waals surface area (Å²) in [5.41, 5.74) is 0.343. The number of anilines is 1. The second-order valence-electron chi connectivity index (χ2n) is 3.33. The van der Waals surface area contributed by atoms with Crippen LogP contribution < -0.4 is 5.32 Å². The van der Waals surface area contributed by atoms with Crippen LogP contribution in [0.2, 0.25) is 0 Å². The predicted octanol–water partition coefficient (Wildman–Crippen LogP) is 2.97. The monoisotopic (exact) mass is 269 g/mol. The molecule has 0 spiro atoms. The van der Waals surface area contributed by atoms with Crippen molar-refractivity contribution in [2.24, 2.45) is 0 Å². The first-order valence-corrected chi connectivity index (χ1v) is 6.22. The van der Waals surface area contributed by atoms with Crippen LogP contribution in [0.5, 0.6) is 0 Å². The lowest BCUT2D eigenvalue weighted by Crippen LogP contribution is -2.15. The highest BCUT2D eigenvalue weighted by Gasteiger charge is 2.18. The lowest BCUT2D eigenvalue weighted by molar-refractivity contribution is 0.0528. The van der Waals surface area contributed by atoms with Gasteiger partial charge in [0.2, 0.25) is 0 Å². The maximum atomic E-state index is 11.7. The van der Waals surface area contributed by atoms with Gasteiger partial charge in [-0.2, -0.15) is 0 Å². The first-order chi connectivity index (χ1) is 8.58. The molecule has 1 rings (SSSR count). The highest BCUT2D eigenvalue weighted by Crippen LogP contribution is 2.28. The van der Waals surface area contributed by atoms with E-state index in [0.29, 0.717) is 10.6 Å². The summed E-state index contributed by atoms with van der Waals surface area (Å²) in [6.45, 7) is 7.40. The minimum Gasteiger partial charge on any atom is -0.462 e. The minimum atomic E-state index is -0.623. The van der Waals surface area contributed by atoms with Crippen molar-refractivity contribution in [2.45, 2.75) is 13.8 Å². The van der Waals surface area contributed by atoms with E-state index in [9.17, 15) is 9.59 Å². The smallest absolute Gasteiger partial charge is 0.412 e. The molecule has 1 N–H and O–H groups in total. The average molecular weight is 269 g/mol. The van der Waals surface area contributed by atoms with E-state index in [4.69, 9.17) is 9.47 Å². The van der Waals surface area contributed by atoms with Gasteiger partial charge in [-0.25, -0.2) is 9.59 Å². The largest absolute Gasteiger partial charge is 0.462 e. The van der Waals surface area contributed by atoms with E-state index < -0.39 is 12.1 Å². The van der Waals surface area contributed by atoms with Gasteiger partial charge in [0.25, 0.3) is 0 Å². The third kappa shape index (κ3) is 3.89. The molecule has 1 aromatic heterocycles. The van der Waals surface area contributed by atoms with Crippen LogP contribution in [0, 0.1) is 6.92 Å². The van der Waals surface area contributed by atoms with E-state index in [-0.39, 0.29) is 13.2 Å². The summed E-state index contributed by atoms with van der Waals surface area (Å²) in [6, 6.07) is 1.67. The molecule has 18 heavy (non-hydrogen) atoms. The molecule has 0 fully saturated rings. The molecule has 0 saturated heterocycles. The highest BCUT2D eigenvalue weighted by molar-refractivity contribution is 7.16. The molecular formula is C12H15NO4S. The quantitative estimate of drug-likeness (QED) is 0.659. The SMILES string of the molecule is C=CCOC(=O)Nc1sc(C)cc1C(=O)OCC. The van der Waals surface area contributed by atoms with Crippen molar-refractivity contribution in [3.05, 3.63) is 29.2 Å². The molecule has 6 heteroatoms. The van der Waals surface area contributed by atoms with Crippen LogP contribution in [0.25, 0.3) is 0 Å². The van der Waals surface area contributed by atoms with Gasteiger partial charge in [0, 0.05) is 4.88 Å². The number of rotatable bonds is 5. The van der Waals surface area contributed by atoms with Crippen molar-refractivity contribution >= 4 is 28.4 Å². The van der Waals surface area contributed by atoms with Gasteiger partial charge in [0.05, 0.1) is 12.2 Å². The Labute approximate surface area is 109 Å². The molecule has 0 saturated carbocycles. The van der Waals surface area contributed by atoms with Crippen LogP contribution in [-0.4, -0.2) is 25.3 Å². The minimum absolute atomic E-state index is 0.116. The van der Waals surface area contributed by atoms with Crippen LogP contribution >= 0.6 is 11.3 Å². The molecule has 0 unspecified atom stereocenters. The normalized spacial score (nSPS) is 9.67. The van der Waals surface area contributed by atoms with E-state index in [1.807, 2.05) is 6.92 Å². The van der Waals surface area contributed by atoms with E-state index >= 15 is 0 Å². The summed E-state index contributed by atoms with van der Waals surface area (Å²) in [5.74, 6) is -0.458. The second kappa shape index (κ2) is 6.80. The fourth-order valence-corrected chi connectivity index (χ4v) is 2.12. The molecule has 0 radical (unpaired) electrons. The molecule has 0 aromatic carbocycles. The lowest BCUT2D eigenvalue weighted by Gasteiger charge is -2.05. The van der Waals surface area contributed by atoms with Gasteiger partial charge >= 0.3 is 12.1 Å². The molecule has 1 heterocycles. The standard InChI is InChI=1S/C12H15NO4S/c1-4-6-17-12(15)13-10-9(7-8(3)18-10)11(14)16-5-2/h4,7H,1,5-6H2,2-3H3,(H,13,15). The predicted molar refractivity (Wildman–Crippen MR) is 70.2 cm³/mol. The number of hydrogen-bond donors (Lipinski definition) is 1. The lowest BCUT2D eigenvalue weighted by atomic mass is 10.3. The first kappa shape index (κ1) is 14.2. The maximum Gasteiger partial charge on any atom is 0.412 e. The zero-order valence-electron chi connectivity index (χ0n) is 10.3.